The Morgan fingerprint density at radius 3 is 2.29 bits per heavy atom. The molecule has 0 bridgehead atoms. The summed E-state index contributed by atoms with van der Waals surface area (Å²) in [7, 11) is 1.83. The lowest BCUT2D eigenvalue weighted by molar-refractivity contribution is -0.530. The van der Waals surface area contributed by atoms with E-state index in [1.54, 1.807) is 4.57 Å². The standard InChI is InChI=1S/C9H16N4O/c1-7-10-11-8(12(7)5)6-13(14)9(2,3)4/h6H,1-5H3/b13-6-. The molecule has 0 atom stereocenters. The first-order chi connectivity index (χ1) is 6.32. The van der Waals surface area contributed by atoms with Crippen molar-refractivity contribution >= 4 is 6.21 Å². The van der Waals surface area contributed by atoms with Gasteiger partial charge in [-0.15, -0.1) is 10.2 Å². The molecule has 78 valence electrons. The van der Waals surface area contributed by atoms with Gasteiger partial charge < -0.3 is 9.77 Å². The van der Waals surface area contributed by atoms with Gasteiger partial charge in [-0.1, -0.05) is 0 Å². The fourth-order valence-corrected chi connectivity index (χ4v) is 0.834. The summed E-state index contributed by atoms with van der Waals surface area (Å²) in [5.74, 6) is 1.37. The third-order valence-electron chi connectivity index (χ3n) is 2.02. The second-order valence-corrected chi connectivity index (χ2v) is 4.29. The molecule has 0 aliphatic heterocycles. The van der Waals surface area contributed by atoms with Crippen LogP contribution in [0.4, 0.5) is 0 Å². The van der Waals surface area contributed by atoms with Crippen LogP contribution >= 0.6 is 0 Å². The van der Waals surface area contributed by atoms with Crippen molar-refractivity contribution in [2.24, 2.45) is 7.05 Å². The summed E-state index contributed by atoms with van der Waals surface area (Å²) in [6, 6.07) is 0. The average molecular weight is 196 g/mol. The number of aryl methyl sites for hydroxylation is 1. The van der Waals surface area contributed by atoms with Gasteiger partial charge in [-0.2, -0.15) is 0 Å². The maximum absolute atomic E-state index is 11.6. The van der Waals surface area contributed by atoms with Crippen LogP contribution in [0.25, 0.3) is 0 Å². The molecule has 0 saturated heterocycles. The lowest BCUT2D eigenvalue weighted by Crippen LogP contribution is -2.30. The van der Waals surface area contributed by atoms with E-state index in [2.05, 4.69) is 10.2 Å². The molecule has 1 heterocycles. The number of hydroxylamine groups is 1. The molecular formula is C9H16N4O. The Labute approximate surface area is 83.7 Å². The molecule has 5 nitrogen and oxygen atoms in total. The zero-order valence-corrected chi connectivity index (χ0v) is 9.27. The van der Waals surface area contributed by atoms with Crippen LogP contribution in [-0.4, -0.2) is 31.3 Å². The lowest BCUT2D eigenvalue weighted by atomic mass is 10.1. The molecule has 0 aliphatic rings. The molecule has 0 amide bonds. The van der Waals surface area contributed by atoms with Crippen molar-refractivity contribution in [1.29, 1.82) is 0 Å². The molecule has 1 aromatic rings. The number of aromatic nitrogens is 3. The zero-order valence-electron chi connectivity index (χ0n) is 9.27. The summed E-state index contributed by atoms with van der Waals surface area (Å²) in [6.07, 6.45) is 1.46. The van der Waals surface area contributed by atoms with E-state index >= 15 is 0 Å². The summed E-state index contributed by atoms with van der Waals surface area (Å²) in [5.41, 5.74) is -0.445. The van der Waals surface area contributed by atoms with Crippen molar-refractivity contribution in [2.45, 2.75) is 33.2 Å². The number of hydrogen-bond acceptors (Lipinski definition) is 3. The minimum absolute atomic E-state index is 0.445. The van der Waals surface area contributed by atoms with Gasteiger partial charge >= 0.3 is 0 Å². The smallest absolute Gasteiger partial charge is 0.221 e. The minimum Gasteiger partial charge on any atom is -0.623 e. The van der Waals surface area contributed by atoms with Gasteiger partial charge in [0.25, 0.3) is 0 Å². The van der Waals surface area contributed by atoms with Crippen molar-refractivity contribution in [2.75, 3.05) is 0 Å². The average Bonchev–Trinajstić information content (AvgIpc) is 2.34. The van der Waals surface area contributed by atoms with Crippen molar-refractivity contribution in [3.8, 4) is 0 Å². The summed E-state index contributed by atoms with van der Waals surface area (Å²) >= 11 is 0. The van der Waals surface area contributed by atoms with Gasteiger partial charge in [0.05, 0.1) is 0 Å². The van der Waals surface area contributed by atoms with Gasteiger partial charge in [0, 0.05) is 27.8 Å². The van der Waals surface area contributed by atoms with Crippen LogP contribution in [-0.2, 0) is 7.05 Å². The minimum atomic E-state index is -0.445. The Morgan fingerprint density at radius 2 is 1.93 bits per heavy atom. The molecule has 0 saturated carbocycles. The predicted molar refractivity (Wildman–Crippen MR) is 54.3 cm³/mol. The highest BCUT2D eigenvalue weighted by atomic mass is 16.5. The lowest BCUT2D eigenvalue weighted by Gasteiger charge is -2.18. The summed E-state index contributed by atoms with van der Waals surface area (Å²) in [6.45, 7) is 7.38. The molecule has 14 heavy (non-hydrogen) atoms. The maximum atomic E-state index is 11.6. The van der Waals surface area contributed by atoms with Crippen molar-refractivity contribution in [3.05, 3.63) is 16.9 Å². The van der Waals surface area contributed by atoms with Gasteiger partial charge in [-0.25, -0.2) is 4.74 Å². The first-order valence-electron chi connectivity index (χ1n) is 4.49. The van der Waals surface area contributed by atoms with E-state index in [1.807, 2.05) is 34.7 Å². The van der Waals surface area contributed by atoms with E-state index < -0.39 is 5.54 Å². The number of hydrogen-bond donors (Lipinski definition) is 0. The molecule has 1 aromatic heterocycles. The fourth-order valence-electron chi connectivity index (χ4n) is 0.834. The van der Waals surface area contributed by atoms with E-state index in [4.69, 9.17) is 0 Å². The summed E-state index contributed by atoms with van der Waals surface area (Å²) in [4.78, 5) is 0. The van der Waals surface area contributed by atoms with Crippen LogP contribution in [0.2, 0.25) is 0 Å². The van der Waals surface area contributed by atoms with Crippen LogP contribution in [0.15, 0.2) is 0 Å². The predicted octanol–water partition coefficient (Wildman–Crippen LogP) is 0.851. The van der Waals surface area contributed by atoms with E-state index in [-0.39, 0.29) is 0 Å². The number of rotatable bonds is 1. The molecule has 0 spiro atoms. The number of nitrogens with zero attached hydrogens (tertiary/aromatic N) is 4. The Morgan fingerprint density at radius 1 is 1.36 bits per heavy atom. The second-order valence-electron chi connectivity index (χ2n) is 4.29. The molecule has 0 unspecified atom stereocenters. The second kappa shape index (κ2) is 3.40. The molecule has 0 fully saturated rings. The zero-order chi connectivity index (χ0) is 10.9. The van der Waals surface area contributed by atoms with E-state index in [1.165, 1.54) is 6.21 Å². The quantitative estimate of drug-likeness (QED) is 0.289. The first kappa shape index (κ1) is 10.7. The summed E-state index contributed by atoms with van der Waals surface area (Å²) in [5, 5.41) is 19.3. The first-order valence-corrected chi connectivity index (χ1v) is 4.49. The van der Waals surface area contributed by atoms with Gasteiger partial charge in [-0.05, 0) is 6.92 Å². The van der Waals surface area contributed by atoms with Gasteiger partial charge in [0.2, 0.25) is 12.0 Å². The largest absolute Gasteiger partial charge is 0.623 e. The normalized spacial score (nSPS) is 13.4. The molecule has 0 N–H and O–H groups in total. The highest BCUT2D eigenvalue weighted by Crippen LogP contribution is 2.05. The van der Waals surface area contributed by atoms with Crippen LogP contribution in [0.1, 0.15) is 32.4 Å². The third-order valence-corrected chi connectivity index (χ3v) is 2.02. The molecule has 0 aliphatic carbocycles. The van der Waals surface area contributed by atoms with Crippen LogP contribution in [0.3, 0.4) is 0 Å². The SMILES string of the molecule is Cc1nnc(/C=[N+](\[O-])C(C)(C)C)n1C. The van der Waals surface area contributed by atoms with Crippen molar-refractivity contribution in [1.82, 2.24) is 14.8 Å². The van der Waals surface area contributed by atoms with Crippen LogP contribution < -0.4 is 0 Å². The molecule has 0 aromatic carbocycles. The fraction of sp³-hybridized carbons (Fsp3) is 0.667. The van der Waals surface area contributed by atoms with E-state index in [0.29, 0.717) is 5.82 Å². The van der Waals surface area contributed by atoms with Gasteiger partial charge in [0.15, 0.2) is 5.54 Å². The highest BCUT2D eigenvalue weighted by Gasteiger charge is 2.19. The Hall–Kier alpha value is -1.39. The maximum Gasteiger partial charge on any atom is 0.221 e. The van der Waals surface area contributed by atoms with Crippen molar-refractivity contribution < 1.29 is 4.74 Å². The van der Waals surface area contributed by atoms with E-state index in [0.717, 1.165) is 10.6 Å². The monoisotopic (exact) mass is 196 g/mol. The highest BCUT2D eigenvalue weighted by molar-refractivity contribution is 5.70. The molecule has 1 rings (SSSR count). The topological polar surface area (TPSA) is 56.8 Å². The molecule has 0 radical (unpaired) electrons. The van der Waals surface area contributed by atoms with Crippen LogP contribution in [0, 0.1) is 12.1 Å². The Kier molecular flexibility index (Phi) is 2.59. The molecule has 5 heteroatoms. The van der Waals surface area contributed by atoms with E-state index in [9.17, 15) is 5.21 Å². The van der Waals surface area contributed by atoms with Crippen molar-refractivity contribution in [3.63, 3.8) is 0 Å². The van der Waals surface area contributed by atoms with Gasteiger partial charge in [0.1, 0.15) is 5.82 Å². The molecular weight excluding hydrogens is 180 g/mol. The summed E-state index contributed by atoms with van der Waals surface area (Å²) < 4.78 is 2.66. The van der Waals surface area contributed by atoms with Gasteiger partial charge in [-0.3, -0.25) is 0 Å². The Balaban J connectivity index is 3.04. The third kappa shape index (κ3) is 2.10. The van der Waals surface area contributed by atoms with Crippen LogP contribution in [0.5, 0.6) is 0 Å². The Bertz CT molecular complexity index is 359.